The lowest BCUT2D eigenvalue weighted by atomic mass is 10.2. The quantitative estimate of drug-likeness (QED) is 0.415. The molecule has 0 bridgehead atoms. The maximum Gasteiger partial charge on any atom is 0.272 e. The van der Waals surface area contributed by atoms with Gasteiger partial charge in [-0.2, -0.15) is 5.10 Å². The van der Waals surface area contributed by atoms with Gasteiger partial charge in [-0.15, -0.1) is 0 Å². The predicted octanol–water partition coefficient (Wildman–Crippen LogP) is 2.60. The summed E-state index contributed by atoms with van der Waals surface area (Å²) in [6.45, 7) is 0.253. The first-order valence-electron chi connectivity index (χ1n) is 7.65. The zero-order chi connectivity index (χ0) is 18.5. The van der Waals surface area contributed by atoms with E-state index in [2.05, 4.69) is 15.4 Å². The largest absolute Gasteiger partial charge is 0.467 e. The number of rotatable bonds is 6. The van der Waals surface area contributed by atoms with Gasteiger partial charge in [0.05, 0.1) is 23.9 Å². The fraction of sp³-hybridized carbons (Fsp3) is 0.118. The van der Waals surface area contributed by atoms with Gasteiger partial charge in [0.15, 0.2) is 5.69 Å². The van der Waals surface area contributed by atoms with Gasteiger partial charge in [0.1, 0.15) is 11.4 Å². The first kappa shape index (κ1) is 17.1. The summed E-state index contributed by atoms with van der Waals surface area (Å²) in [5.74, 6) is 0.300. The van der Waals surface area contributed by atoms with Crippen LogP contribution in [0.3, 0.4) is 0 Å². The molecule has 0 atom stereocenters. The van der Waals surface area contributed by atoms with Gasteiger partial charge in [-0.25, -0.2) is 0 Å². The number of nitro groups is 1. The van der Waals surface area contributed by atoms with Crippen molar-refractivity contribution in [1.29, 1.82) is 0 Å². The number of non-ortho nitro benzene ring substituents is 1. The molecule has 0 saturated heterocycles. The van der Waals surface area contributed by atoms with Crippen LogP contribution in [0.25, 0.3) is 0 Å². The van der Waals surface area contributed by atoms with Crippen molar-refractivity contribution in [2.45, 2.75) is 6.54 Å². The number of aromatic nitrogens is 2. The van der Waals surface area contributed by atoms with E-state index in [1.54, 1.807) is 31.3 Å². The standard InChI is InChI=1S/C17H15N5O4/c1-21-16(17(23)19-10-14-3-2-8-26-14)15(11-20-21)18-9-12-4-6-13(7-5-12)22(24)25/h2-9,11H,10H2,1H3,(H,19,23). The highest BCUT2D eigenvalue weighted by Gasteiger charge is 2.16. The molecule has 1 N–H and O–H groups in total. The van der Waals surface area contributed by atoms with Gasteiger partial charge in [-0.3, -0.25) is 24.6 Å². The smallest absolute Gasteiger partial charge is 0.272 e. The monoisotopic (exact) mass is 353 g/mol. The summed E-state index contributed by atoms with van der Waals surface area (Å²) in [6, 6.07) is 9.44. The van der Waals surface area contributed by atoms with Crippen molar-refractivity contribution in [2.24, 2.45) is 12.0 Å². The van der Waals surface area contributed by atoms with Gasteiger partial charge >= 0.3 is 0 Å². The third-order valence-electron chi connectivity index (χ3n) is 3.59. The summed E-state index contributed by atoms with van der Waals surface area (Å²) >= 11 is 0. The highest BCUT2D eigenvalue weighted by atomic mass is 16.6. The summed E-state index contributed by atoms with van der Waals surface area (Å²) in [6.07, 6.45) is 4.53. The molecule has 0 spiro atoms. The van der Waals surface area contributed by atoms with E-state index < -0.39 is 4.92 Å². The van der Waals surface area contributed by atoms with Gasteiger partial charge in [-0.1, -0.05) is 0 Å². The van der Waals surface area contributed by atoms with Crippen LogP contribution in [0.2, 0.25) is 0 Å². The number of hydrogen-bond acceptors (Lipinski definition) is 6. The van der Waals surface area contributed by atoms with Crippen molar-refractivity contribution < 1.29 is 14.1 Å². The molecule has 3 aromatic rings. The summed E-state index contributed by atoms with van der Waals surface area (Å²) in [7, 11) is 1.65. The molecule has 0 fully saturated rings. The van der Waals surface area contributed by atoms with Gasteiger partial charge in [0.25, 0.3) is 11.6 Å². The lowest BCUT2D eigenvalue weighted by Gasteiger charge is -2.04. The average Bonchev–Trinajstić information content (AvgIpc) is 3.28. The summed E-state index contributed by atoms with van der Waals surface area (Å²) in [5, 5.41) is 17.5. The van der Waals surface area contributed by atoms with Gasteiger partial charge < -0.3 is 9.73 Å². The van der Waals surface area contributed by atoms with Crippen LogP contribution in [0.4, 0.5) is 11.4 Å². The molecule has 3 rings (SSSR count). The Morgan fingerprint density at radius 1 is 1.38 bits per heavy atom. The Morgan fingerprint density at radius 3 is 2.81 bits per heavy atom. The van der Waals surface area contributed by atoms with E-state index in [1.807, 2.05) is 0 Å². The van der Waals surface area contributed by atoms with E-state index in [1.165, 1.54) is 35.5 Å². The van der Waals surface area contributed by atoms with Crippen LogP contribution in [0.1, 0.15) is 21.8 Å². The fourth-order valence-electron chi connectivity index (χ4n) is 2.27. The minimum atomic E-state index is -0.469. The number of nitro benzene ring substituents is 1. The van der Waals surface area contributed by atoms with E-state index in [0.717, 1.165) is 0 Å². The Balaban J connectivity index is 1.74. The van der Waals surface area contributed by atoms with Crippen LogP contribution in [-0.2, 0) is 13.6 Å². The molecule has 132 valence electrons. The number of aliphatic imine (C=N–C) groups is 1. The molecular formula is C17H15N5O4. The van der Waals surface area contributed by atoms with E-state index in [9.17, 15) is 14.9 Å². The molecule has 9 nitrogen and oxygen atoms in total. The van der Waals surface area contributed by atoms with Gasteiger partial charge in [-0.05, 0) is 29.8 Å². The zero-order valence-corrected chi connectivity index (χ0v) is 13.8. The van der Waals surface area contributed by atoms with Crippen molar-refractivity contribution in [2.75, 3.05) is 0 Å². The Kier molecular flexibility index (Phi) is 4.88. The lowest BCUT2D eigenvalue weighted by Crippen LogP contribution is -2.25. The van der Waals surface area contributed by atoms with Crippen molar-refractivity contribution in [3.05, 3.63) is 76.0 Å². The number of carbonyl (C=O) groups is 1. The summed E-state index contributed by atoms with van der Waals surface area (Å²) in [5.41, 5.74) is 1.36. The number of nitrogens with one attached hydrogen (secondary N) is 1. The molecule has 0 radical (unpaired) electrons. The number of furan rings is 1. The molecule has 0 aliphatic rings. The van der Waals surface area contributed by atoms with E-state index in [0.29, 0.717) is 22.7 Å². The van der Waals surface area contributed by atoms with Crippen LogP contribution >= 0.6 is 0 Å². The molecule has 2 heterocycles. The highest BCUT2D eigenvalue weighted by Crippen LogP contribution is 2.18. The molecule has 1 aromatic carbocycles. The van der Waals surface area contributed by atoms with Crippen molar-refractivity contribution in [3.8, 4) is 0 Å². The van der Waals surface area contributed by atoms with E-state index in [4.69, 9.17) is 4.42 Å². The highest BCUT2D eigenvalue weighted by molar-refractivity contribution is 5.98. The zero-order valence-electron chi connectivity index (χ0n) is 13.8. The van der Waals surface area contributed by atoms with Crippen molar-refractivity contribution in [3.63, 3.8) is 0 Å². The Labute approximate surface area is 148 Å². The number of nitrogens with zero attached hydrogens (tertiary/aromatic N) is 4. The van der Waals surface area contributed by atoms with Crippen molar-refractivity contribution >= 4 is 23.5 Å². The third-order valence-corrected chi connectivity index (χ3v) is 3.59. The first-order valence-corrected chi connectivity index (χ1v) is 7.65. The second-order valence-electron chi connectivity index (χ2n) is 5.37. The minimum Gasteiger partial charge on any atom is -0.467 e. The van der Waals surface area contributed by atoms with Gasteiger partial charge in [0, 0.05) is 25.4 Å². The number of benzene rings is 1. The SMILES string of the molecule is Cn1ncc(N=Cc2ccc([N+](=O)[O-])cc2)c1C(=O)NCc1ccco1. The van der Waals surface area contributed by atoms with Gasteiger partial charge in [0.2, 0.25) is 0 Å². The summed E-state index contributed by atoms with van der Waals surface area (Å²) < 4.78 is 6.61. The average molecular weight is 353 g/mol. The van der Waals surface area contributed by atoms with Crippen LogP contribution in [0.5, 0.6) is 0 Å². The van der Waals surface area contributed by atoms with Crippen LogP contribution < -0.4 is 5.32 Å². The second kappa shape index (κ2) is 7.43. The van der Waals surface area contributed by atoms with Crippen LogP contribution in [0, 0.1) is 10.1 Å². The van der Waals surface area contributed by atoms with Crippen LogP contribution in [-0.4, -0.2) is 26.8 Å². The molecule has 9 heteroatoms. The molecule has 2 aromatic heterocycles. The van der Waals surface area contributed by atoms with Crippen molar-refractivity contribution in [1.82, 2.24) is 15.1 Å². The molecule has 0 aliphatic carbocycles. The number of aryl methyl sites for hydroxylation is 1. The fourth-order valence-corrected chi connectivity index (χ4v) is 2.27. The topological polar surface area (TPSA) is 116 Å². The summed E-state index contributed by atoms with van der Waals surface area (Å²) in [4.78, 5) is 26.9. The van der Waals surface area contributed by atoms with E-state index in [-0.39, 0.29) is 18.1 Å². The third kappa shape index (κ3) is 3.83. The number of carbonyl (C=O) groups excluding carboxylic acids is 1. The Morgan fingerprint density at radius 2 is 2.15 bits per heavy atom. The Bertz CT molecular complexity index is 942. The first-order chi connectivity index (χ1) is 12.5. The molecule has 0 unspecified atom stereocenters. The normalized spacial score (nSPS) is 11.0. The molecule has 0 aliphatic heterocycles. The number of hydrogen-bond donors (Lipinski definition) is 1. The second-order valence-corrected chi connectivity index (χ2v) is 5.37. The molecule has 26 heavy (non-hydrogen) atoms. The molecule has 0 saturated carbocycles. The molecule has 1 amide bonds. The lowest BCUT2D eigenvalue weighted by molar-refractivity contribution is -0.384. The number of amides is 1. The minimum absolute atomic E-state index is 0.00141. The maximum atomic E-state index is 12.4. The van der Waals surface area contributed by atoms with Crippen LogP contribution in [0.15, 0.2) is 58.3 Å². The van der Waals surface area contributed by atoms with E-state index >= 15 is 0 Å². The predicted molar refractivity (Wildman–Crippen MR) is 93.4 cm³/mol. The Hall–Kier alpha value is -3.75. The molecular weight excluding hydrogens is 338 g/mol. The maximum absolute atomic E-state index is 12.4.